The highest BCUT2D eigenvalue weighted by atomic mass is 35.5. The van der Waals surface area contributed by atoms with E-state index >= 15 is 0 Å². The Kier molecular flexibility index (Phi) is 9.71. The summed E-state index contributed by atoms with van der Waals surface area (Å²) < 4.78 is 0. The minimum atomic E-state index is 0. The van der Waals surface area contributed by atoms with Crippen LogP contribution in [0.5, 0.6) is 0 Å². The second-order valence-corrected chi connectivity index (χ2v) is 5.24. The summed E-state index contributed by atoms with van der Waals surface area (Å²) >= 11 is 0. The van der Waals surface area contributed by atoms with E-state index in [2.05, 4.69) is 17.1 Å². The van der Waals surface area contributed by atoms with Crippen LogP contribution in [-0.2, 0) is 0 Å². The number of nitrogens with zero attached hydrogens (tertiary/aromatic N) is 1. The first-order chi connectivity index (χ1) is 7.40. The summed E-state index contributed by atoms with van der Waals surface area (Å²) in [5.41, 5.74) is 0. The van der Waals surface area contributed by atoms with Gasteiger partial charge in [-0.05, 0) is 44.8 Å². The second kappa shape index (κ2) is 9.43. The average Bonchev–Trinajstić information content (AvgIpc) is 2.80. The van der Waals surface area contributed by atoms with Crippen LogP contribution >= 0.6 is 24.8 Å². The minimum Gasteiger partial charge on any atom is -0.316 e. The smallest absolute Gasteiger partial charge is 0.00952 e. The predicted molar refractivity (Wildman–Crippen MR) is 79.6 cm³/mol. The zero-order valence-electron chi connectivity index (χ0n) is 11.0. The van der Waals surface area contributed by atoms with Gasteiger partial charge in [0.2, 0.25) is 0 Å². The van der Waals surface area contributed by atoms with Crippen LogP contribution in [0.3, 0.4) is 0 Å². The number of hydrogen-bond acceptors (Lipinski definition) is 2. The van der Waals surface area contributed by atoms with Crippen molar-refractivity contribution in [2.45, 2.75) is 51.5 Å². The lowest BCUT2D eigenvalue weighted by Crippen LogP contribution is -2.40. The Morgan fingerprint density at radius 2 is 1.76 bits per heavy atom. The van der Waals surface area contributed by atoms with E-state index in [1.165, 1.54) is 64.7 Å². The van der Waals surface area contributed by atoms with Crippen LogP contribution in [0.15, 0.2) is 0 Å². The SMILES string of the molecule is CCN(CC1CCNC1)C1CCCCC1.Cl.Cl. The molecule has 2 aliphatic rings. The summed E-state index contributed by atoms with van der Waals surface area (Å²) in [6, 6.07) is 0.907. The Bertz CT molecular complexity index is 178. The molecule has 1 saturated carbocycles. The van der Waals surface area contributed by atoms with Crippen LogP contribution < -0.4 is 5.32 Å². The first-order valence-corrected chi connectivity index (χ1v) is 6.85. The molecule has 0 spiro atoms. The fraction of sp³-hybridized carbons (Fsp3) is 1.00. The quantitative estimate of drug-likeness (QED) is 0.853. The third kappa shape index (κ3) is 5.34. The molecule has 2 fully saturated rings. The van der Waals surface area contributed by atoms with Gasteiger partial charge in [0, 0.05) is 12.6 Å². The first-order valence-electron chi connectivity index (χ1n) is 6.85. The zero-order chi connectivity index (χ0) is 10.5. The van der Waals surface area contributed by atoms with Gasteiger partial charge in [0.1, 0.15) is 0 Å². The van der Waals surface area contributed by atoms with E-state index in [0.717, 1.165) is 12.0 Å². The van der Waals surface area contributed by atoms with Crippen LogP contribution in [0, 0.1) is 5.92 Å². The van der Waals surface area contributed by atoms with Gasteiger partial charge >= 0.3 is 0 Å². The van der Waals surface area contributed by atoms with E-state index in [1.54, 1.807) is 0 Å². The molecule has 1 heterocycles. The molecule has 104 valence electrons. The number of hydrogen-bond donors (Lipinski definition) is 1. The molecule has 2 rings (SSSR count). The number of halogens is 2. The Morgan fingerprint density at radius 3 is 2.29 bits per heavy atom. The molecule has 1 N–H and O–H groups in total. The van der Waals surface area contributed by atoms with Gasteiger partial charge in [0.15, 0.2) is 0 Å². The summed E-state index contributed by atoms with van der Waals surface area (Å²) in [5, 5.41) is 3.48. The minimum absolute atomic E-state index is 0. The molecule has 0 bridgehead atoms. The van der Waals surface area contributed by atoms with E-state index in [1.807, 2.05) is 0 Å². The molecular weight excluding hydrogens is 255 g/mol. The normalized spacial score (nSPS) is 25.4. The monoisotopic (exact) mass is 282 g/mol. The Morgan fingerprint density at radius 1 is 1.06 bits per heavy atom. The fourth-order valence-corrected chi connectivity index (χ4v) is 3.18. The van der Waals surface area contributed by atoms with Gasteiger partial charge in [-0.25, -0.2) is 0 Å². The Hall–Kier alpha value is 0.500. The second-order valence-electron chi connectivity index (χ2n) is 5.24. The van der Waals surface area contributed by atoms with E-state index in [4.69, 9.17) is 0 Å². The van der Waals surface area contributed by atoms with Crippen LogP contribution in [-0.4, -0.2) is 37.1 Å². The van der Waals surface area contributed by atoms with Gasteiger partial charge in [-0.2, -0.15) is 0 Å². The highest BCUT2D eigenvalue weighted by Gasteiger charge is 2.23. The molecule has 0 aromatic carbocycles. The number of nitrogens with one attached hydrogen (secondary N) is 1. The fourth-order valence-electron chi connectivity index (χ4n) is 3.18. The molecule has 1 aliphatic carbocycles. The van der Waals surface area contributed by atoms with Crippen molar-refractivity contribution < 1.29 is 0 Å². The summed E-state index contributed by atoms with van der Waals surface area (Å²) in [6.07, 6.45) is 8.69. The van der Waals surface area contributed by atoms with Crippen molar-refractivity contribution in [1.82, 2.24) is 10.2 Å². The maximum Gasteiger partial charge on any atom is 0.00952 e. The van der Waals surface area contributed by atoms with Gasteiger partial charge < -0.3 is 10.2 Å². The highest BCUT2D eigenvalue weighted by molar-refractivity contribution is 5.85. The molecule has 4 heteroatoms. The van der Waals surface area contributed by atoms with Crippen molar-refractivity contribution in [3.63, 3.8) is 0 Å². The summed E-state index contributed by atoms with van der Waals surface area (Å²) in [7, 11) is 0. The summed E-state index contributed by atoms with van der Waals surface area (Å²) in [5.74, 6) is 0.923. The molecule has 1 atom stereocenters. The molecule has 17 heavy (non-hydrogen) atoms. The van der Waals surface area contributed by atoms with Gasteiger partial charge in [-0.15, -0.1) is 24.8 Å². The molecule has 0 radical (unpaired) electrons. The van der Waals surface area contributed by atoms with E-state index in [-0.39, 0.29) is 24.8 Å². The van der Waals surface area contributed by atoms with Crippen LogP contribution in [0.2, 0.25) is 0 Å². The van der Waals surface area contributed by atoms with Gasteiger partial charge in [-0.1, -0.05) is 26.2 Å². The van der Waals surface area contributed by atoms with Crippen molar-refractivity contribution in [2.24, 2.45) is 5.92 Å². The van der Waals surface area contributed by atoms with Crippen molar-refractivity contribution in [3.05, 3.63) is 0 Å². The van der Waals surface area contributed by atoms with Crippen LogP contribution in [0.4, 0.5) is 0 Å². The predicted octanol–water partition coefficient (Wildman–Crippen LogP) is 3.09. The van der Waals surface area contributed by atoms with Gasteiger partial charge in [0.25, 0.3) is 0 Å². The highest BCUT2D eigenvalue weighted by Crippen LogP contribution is 2.24. The topological polar surface area (TPSA) is 15.3 Å². The lowest BCUT2D eigenvalue weighted by molar-refractivity contribution is 0.143. The standard InChI is InChI=1S/C13H26N2.2ClH/c1-2-15(11-12-8-9-14-10-12)13-6-4-3-5-7-13;;/h12-14H,2-11H2,1H3;2*1H. The van der Waals surface area contributed by atoms with Crippen molar-refractivity contribution in [3.8, 4) is 0 Å². The largest absolute Gasteiger partial charge is 0.316 e. The van der Waals surface area contributed by atoms with Crippen molar-refractivity contribution >= 4 is 24.8 Å². The van der Waals surface area contributed by atoms with E-state index in [9.17, 15) is 0 Å². The first kappa shape index (κ1) is 17.5. The third-order valence-electron chi connectivity index (χ3n) is 4.15. The summed E-state index contributed by atoms with van der Waals surface area (Å²) in [6.45, 7) is 7.42. The lowest BCUT2D eigenvalue weighted by Gasteiger charge is -2.35. The molecule has 1 saturated heterocycles. The maximum absolute atomic E-state index is 3.48. The van der Waals surface area contributed by atoms with E-state index in [0.29, 0.717) is 0 Å². The van der Waals surface area contributed by atoms with Crippen molar-refractivity contribution in [2.75, 3.05) is 26.2 Å². The molecule has 1 aliphatic heterocycles. The van der Waals surface area contributed by atoms with Crippen molar-refractivity contribution in [1.29, 1.82) is 0 Å². The Labute approximate surface area is 119 Å². The van der Waals surface area contributed by atoms with Gasteiger partial charge in [-0.3, -0.25) is 0 Å². The van der Waals surface area contributed by atoms with E-state index < -0.39 is 0 Å². The molecule has 0 aromatic rings. The average molecular weight is 283 g/mol. The zero-order valence-corrected chi connectivity index (χ0v) is 12.6. The molecule has 0 aromatic heterocycles. The molecule has 1 unspecified atom stereocenters. The van der Waals surface area contributed by atoms with Crippen LogP contribution in [0.1, 0.15) is 45.4 Å². The molecule has 2 nitrogen and oxygen atoms in total. The van der Waals surface area contributed by atoms with Crippen LogP contribution in [0.25, 0.3) is 0 Å². The summed E-state index contributed by atoms with van der Waals surface area (Å²) in [4.78, 5) is 2.75. The lowest BCUT2D eigenvalue weighted by atomic mass is 9.93. The number of rotatable bonds is 4. The molecular formula is C13H28Cl2N2. The third-order valence-corrected chi connectivity index (χ3v) is 4.15. The molecule has 0 amide bonds. The van der Waals surface area contributed by atoms with Gasteiger partial charge in [0.05, 0.1) is 0 Å². The Balaban J connectivity index is 0.00000128. The maximum atomic E-state index is 3.48.